The Labute approximate surface area is 220 Å². The van der Waals surface area contributed by atoms with Crippen LogP contribution in [0.15, 0.2) is 84.0 Å². The Hall–Kier alpha value is -4.53. The van der Waals surface area contributed by atoms with Crippen LogP contribution in [-0.2, 0) is 0 Å². The number of carboxylic acid groups (broad SMARTS) is 1. The Morgan fingerprint density at radius 1 is 1.00 bits per heavy atom. The molecule has 1 amide bonds. The molecule has 194 valence electrons. The number of piperidine rings is 1. The number of aromatic nitrogens is 2. The number of nitrogens with one attached hydrogen (secondary N) is 1. The first-order valence-electron chi connectivity index (χ1n) is 12.7. The van der Waals surface area contributed by atoms with Gasteiger partial charge in [0.05, 0.1) is 18.7 Å². The van der Waals surface area contributed by atoms with Gasteiger partial charge < -0.3 is 20.1 Å². The van der Waals surface area contributed by atoms with E-state index in [0.29, 0.717) is 36.8 Å². The lowest BCUT2D eigenvalue weighted by Crippen LogP contribution is -2.40. The number of hydrogen-bond donors (Lipinski definition) is 2. The first-order chi connectivity index (χ1) is 18.5. The van der Waals surface area contributed by atoms with Crippen molar-refractivity contribution in [3.05, 3.63) is 90.2 Å². The van der Waals surface area contributed by atoms with Crippen LogP contribution in [-0.4, -0.2) is 63.9 Å². The second-order valence-electron chi connectivity index (χ2n) is 9.40. The lowest BCUT2D eigenvalue weighted by molar-refractivity contribution is 0.0696. The summed E-state index contributed by atoms with van der Waals surface area (Å²) in [6.07, 6.45) is 9.61. The van der Waals surface area contributed by atoms with Gasteiger partial charge in [-0.2, -0.15) is 0 Å². The normalized spacial score (nSPS) is 15.8. The molecule has 2 aliphatic heterocycles. The summed E-state index contributed by atoms with van der Waals surface area (Å²) in [5.41, 5.74) is 3.35. The van der Waals surface area contributed by atoms with Crippen molar-refractivity contribution < 1.29 is 19.4 Å². The zero-order chi connectivity index (χ0) is 26.3. The number of carboxylic acids is 1. The number of rotatable bonds is 7. The Kier molecular flexibility index (Phi) is 7.73. The molecule has 0 spiro atoms. The van der Waals surface area contributed by atoms with Crippen LogP contribution in [0.1, 0.15) is 40.0 Å². The summed E-state index contributed by atoms with van der Waals surface area (Å²) in [7, 11) is 0. The summed E-state index contributed by atoms with van der Waals surface area (Å²) in [6, 6.07) is 14.0. The molecule has 9 heteroatoms. The van der Waals surface area contributed by atoms with E-state index in [1.54, 1.807) is 42.7 Å². The molecule has 0 aliphatic carbocycles. The third kappa shape index (κ3) is 6.23. The highest BCUT2D eigenvalue weighted by Gasteiger charge is 2.23. The van der Waals surface area contributed by atoms with Crippen molar-refractivity contribution in [2.24, 2.45) is 10.9 Å². The highest BCUT2D eigenvalue weighted by molar-refractivity contribution is 5.97. The SMILES string of the molecule is O=C(O)c1cccc(OCC2CCN(C3=NCC(NC(=O)c4cccc(-c5cncnc5)c4)=CC3)CC2)c1. The third-order valence-electron chi connectivity index (χ3n) is 6.80. The van der Waals surface area contributed by atoms with Crippen LogP contribution in [0, 0.1) is 5.92 Å². The van der Waals surface area contributed by atoms with Gasteiger partial charge in [0.15, 0.2) is 0 Å². The molecule has 9 nitrogen and oxygen atoms in total. The van der Waals surface area contributed by atoms with Gasteiger partial charge in [0, 0.05) is 48.7 Å². The summed E-state index contributed by atoms with van der Waals surface area (Å²) in [5.74, 6) is 0.921. The number of aromatic carboxylic acids is 1. The zero-order valence-electron chi connectivity index (χ0n) is 20.9. The summed E-state index contributed by atoms with van der Waals surface area (Å²) in [6.45, 7) is 2.80. The van der Waals surface area contributed by atoms with Crippen LogP contribution in [0.4, 0.5) is 0 Å². The van der Waals surface area contributed by atoms with Crippen molar-refractivity contribution in [3.63, 3.8) is 0 Å². The smallest absolute Gasteiger partial charge is 0.335 e. The number of likely N-dealkylation sites (tertiary alicyclic amines) is 1. The Balaban J connectivity index is 1.08. The molecule has 3 aromatic rings. The topological polar surface area (TPSA) is 117 Å². The van der Waals surface area contributed by atoms with E-state index in [1.165, 1.54) is 6.33 Å². The number of dihydropyridines is 1. The molecule has 1 aromatic heterocycles. The molecule has 3 heterocycles. The Morgan fingerprint density at radius 2 is 1.76 bits per heavy atom. The molecule has 1 saturated heterocycles. The molecule has 0 atom stereocenters. The molecule has 0 unspecified atom stereocenters. The van der Waals surface area contributed by atoms with Gasteiger partial charge in [0.2, 0.25) is 0 Å². The average molecular weight is 512 g/mol. The largest absolute Gasteiger partial charge is 0.493 e. The molecular formula is C29H29N5O4. The Bertz CT molecular complexity index is 1360. The maximum Gasteiger partial charge on any atom is 0.335 e. The summed E-state index contributed by atoms with van der Waals surface area (Å²) < 4.78 is 5.87. The van der Waals surface area contributed by atoms with Gasteiger partial charge in [-0.05, 0) is 54.7 Å². The van der Waals surface area contributed by atoms with Crippen molar-refractivity contribution in [1.82, 2.24) is 20.2 Å². The zero-order valence-corrected chi connectivity index (χ0v) is 20.9. The highest BCUT2D eigenvalue weighted by Crippen LogP contribution is 2.23. The number of hydrogen-bond acceptors (Lipinski definition) is 7. The summed E-state index contributed by atoms with van der Waals surface area (Å²) in [5, 5.41) is 12.1. The lowest BCUT2D eigenvalue weighted by Gasteiger charge is -2.35. The molecule has 1 fully saturated rings. The van der Waals surface area contributed by atoms with Crippen molar-refractivity contribution in [2.75, 3.05) is 26.2 Å². The second kappa shape index (κ2) is 11.7. The minimum absolute atomic E-state index is 0.164. The number of amides is 1. The number of benzene rings is 2. The fourth-order valence-electron chi connectivity index (χ4n) is 4.64. The molecular weight excluding hydrogens is 482 g/mol. The van der Waals surface area contributed by atoms with Gasteiger partial charge in [-0.3, -0.25) is 9.79 Å². The van der Waals surface area contributed by atoms with Crippen molar-refractivity contribution in [2.45, 2.75) is 19.3 Å². The van der Waals surface area contributed by atoms with Crippen LogP contribution in [0.5, 0.6) is 5.75 Å². The van der Waals surface area contributed by atoms with Gasteiger partial charge in [0.1, 0.15) is 17.9 Å². The van der Waals surface area contributed by atoms with Gasteiger partial charge in [0.25, 0.3) is 5.91 Å². The Morgan fingerprint density at radius 3 is 2.50 bits per heavy atom. The number of carbonyl (C=O) groups is 2. The number of carbonyl (C=O) groups excluding carboxylic acids is 1. The third-order valence-corrected chi connectivity index (χ3v) is 6.80. The second-order valence-corrected chi connectivity index (χ2v) is 9.40. The quantitative estimate of drug-likeness (QED) is 0.491. The molecule has 0 bridgehead atoms. The van der Waals surface area contributed by atoms with Crippen molar-refractivity contribution >= 4 is 17.7 Å². The number of amidine groups is 1. The summed E-state index contributed by atoms with van der Waals surface area (Å²) in [4.78, 5) is 39.1. The van der Waals surface area contributed by atoms with Crippen LogP contribution in [0.25, 0.3) is 11.1 Å². The van der Waals surface area contributed by atoms with E-state index in [2.05, 4.69) is 20.2 Å². The molecule has 2 N–H and O–H groups in total. The van der Waals surface area contributed by atoms with E-state index in [4.69, 9.17) is 14.8 Å². The van der Waals surface area contributed by atoms with E-state index >= 15 is 0 Å². The highest BCUT2D eigenvalue weighted by atomic mass is 16.5. The molecule has 0 saturated carbocycles. The fourth-order valence-corrected chi connectivity index (χ4v) is 4.64. The predicted molar refractivity (Wildman–Crippen MR) is 143 cm³/mol. The monoisotopic (exact) mass is 511 g/mol. The molecule has 2 aliphatic rings. The maximum absolute atomic E-state index is 12.8. The number of nitrogens with zero attached hydrogens (tertiary/aromatic N) is 4. The first kappa shape index (κ1) is 25.1. The minimum Gasteiger partial charge on any atom is -0.493 e. The van der Waals surface area contributed by atoms with E-state index < -0.39 is 5.97 Å². The van der Waals surface area contributed by atoms with Crippen LogP contribution < -0.4 is 10.1 Å². The van der Waals surface area contributed by atoms with Crippen LogP contribution in [0.3, 0.4) is 0 Å². The molecule has 0 radical (unpaired) electrons. The van der Waals surface area contributed by atoms with E-state index in [-0.39, 0.29) is 11.5 Å². The van der Waals surface area contributed by atoms with Gasteiger partial charge in [-0.1, -0.05) is 24.3 Å². The summed E-state index contributed by atoms with van der Waals surface area (Å²) >= 11 is 0. The maximum atomic E-state index is 12.8. The van der Waals surface area contributed by atoms with Crippen LogP contribution in [0.2, 0.25) is 0 Å². The average Bonchev–Trinajstić information content (AvgIpc) is 2.97. The van der Waals surface area contributed by atoms with Gasteiger partial charge in [-0.15, -0.1) is 0 Å². The molecule has 5 rings (SSSR count). The standard InChI is InChI=1S/C29H29N5O4/c35-28(22-4-1-3-21(13-22)24-15-30-19-31-16-24)33-25-7-8-27(32-17-25)34-11-9-20(10-12-34)18-38-26-6-2-5-23(14-26)29(36)37/h1-7,13-16,19-20H,8-12,17-18H2,(H,33,35)(H,36,37). The lowest BCUT2D eigenvalue weighted by atomic mass is 9.97. The van der Waals surface area contributed by atoms with Gasteiger partial charge in [-0.25, -0.2) is 14.8 Å². The van der Waals surface area contributed by atoms with Crippen molar-refractivity contribution in [1.29, 1.82) is 0 Å². The van der Waals surface area contributed by atoms with E-state index in [0.717, 1.165) is 48.6 Å². The predicted octanol–water partition coefficient (Wildman–Crippen LogP) is 4.05. The van der Waals surface area contributed by atoms with Gasteiger partial charge >= 0.3 is 5.97 Å². The van der Waals surface area contributed by atoms with Crippen LogP contribution >= 0.6 is 0 Å². The van der Waals surface area contributed by atoms with E-state index in [1.807, 2.05) is 24.3 Å². The minimum atomic E-state index is -0.957. The number of ether oxygens (including phenoxy) is 1. The number of aliphatic imine (C=N–C) groups is 1. The fraction of sp³-hybridized carbons (Fsp3) is 0.276. The molecule has 38 heavy (non-hydrogen) atoms. The van der Waals surface area contributed by atoms with E-state index in [9.17, 15) is 9.59 Å². The van der Waals surface area contributed by atoms with Crippen molar-refractivity contribution in [3.8, 4) is 16.9 Å². The first-order valence-corrected chi connectivity index (χ1v) is 12.7. The molecule has 2 aromatic carbocycles.